The number of allylic oxidation sites excluding steroid dienone is 8. The molecule has 0 fully saturated rings. The third-order valence-corrected chi connectivity index (χ3v) is 6.12. The minimum absolute atomic E-state index is 0.0117. The second-order valence-electron chi connectivity index (χ2n) is 5.79. The van der Waals surface area contributed by atoms with Gasteiger partial charge in [-0.3, -0.25) is 10.5 Å². The molecule has 0 bridgehead atoms. The van der Waals surface area contributed by atoms with Crippen LogP contribution in [-0.2, 0) is 10.3 Å². The van der Waals surface area contributed by atoms with Crippen LogP contribution in [-0.4, -0.2) is 18.0 Å². The maximum absolute atomic E-state index is 6.27. The second-order valence-corrected chi connectivity index (χ2v) is 7.76. The summed E-state index contributed by atoms with van der Waals surface area (Å²) in [5, 5.41) is 9.60. The zero-order valence-corrected chi connectivity index (χ0v) is 14.6. The van der Waals surface area contributed by atoms with Crippen LogP contribution in [0.15, 0.2) is 59.1 Å². The van der Waals surface area contributed by atoms with E-state index in [4.69, 9.17) is 5.73 Å². The summed E-state index contributed by atoms with van der Waals surface area (Å²) in [7, 11) is -0.0243. The van der Waals surface area contributed by atoms with Crippen molar-refractivity contribution in [2.75, 3.05) is 6.54 Å². The van der Waals surface area contributed by atoms with E-state index in [0.29, 0.717) is 11.2 Å². The van der Waals surface area contributed by atoms with Crippen LogP contribution in [0.4, 0.5) is 0 Å². The van der Waals surface area contributed by atoms with Crippen molar-refractivity contribution in [2.45, 2.75) is 38.6 Å². The largest absolute Gasteiger partial charge is 0.423 e. The first-order valence-electron chi connectivity index (χ1n) is 7.95. The van der Waals surface area contributed by atoms with Gasteiger partial charge < -0.3 is 16.0 Å². The van der Waals surface area contributed by atoms with Crippen LogP contribution in [0.25, 0.3) is 0 Å². The van der Waals surface area contributed by atoms with Crippen LogP contribution >= 0.6 is 0 Å². The van der Waals surface area contributed by atoms with Crippen LogP contribution in [0.1, 0.15) is 27.2 Å². The van der Waals surface area contributed by atoms with E-state index in [2.05, 4.69) is 66.2 Å². The molecule has 0 saturated heterocycles. The highest BCUT2D eigenvalue weighted by atomic mass is 32.2. The summed E-state index contributed by atoms with van der Waals surface area (Å²) in [5.41, 5.74) is 9.03. The summed E-state index contributed by atoms with van der Waals surface area (Å²) in [4.78, 5) is 0. The molecule has 0 saturated carbocycles. The van der Waals surface area contributed by atoms with E-state index in [1.807, 2.05) is 13.0 Å². The summed E-state index contributed by atoms with van der Waals surface area (Å²) in [6, 6.07) is 0. The summed E-state index contributed by atoms with van der Waals surface area (Å²) in [6.07, 6.45) is 16.1. The van der Waals surface area contributed by atoms with Gasteiger partial charge in [0.2, 0.25) is 0 Å². The molecule has 0 amide bonds. The minimum atomic E-state index is -0.0243. The smallest absolute Gasteiger partial charge is 0.0387 e. The molecule has 120 valence electrons. The molecule has 0 aromatic rings. The van der Waals surface area contributed by atoms with Crippen molar-refractivity contribution < 1.29 is 0 Å². The fourth-order valence-corrected chi connectivity index (χ4v) is 4.08. The molecule has 3 unspecified atom stereocenters. The maximum atomic E-state index is 6.27. The van der Waals surface area contributed by atoms with Crippen LogP contribution in [0.2, 0.25) is 0 Å². The Morgan fingerprint density at radius 3 is 2.91 bits per heavy atom. The molecule has 3 N–H and O–H groups in total. The molecule has 3 atom stereocenters. The van der Waals surface area contributed by atoms with Crippen molar-refractivity contribution in [1.82, 2.24) is 5.32 Å². The van der Waals surface area contributed by atoms with Gasteiger partial charge in [-0.05, 0) is 24.8 Å². The van der Waals surface area contributed by atoms with E-state index in [0.717, 1.165) is 13.0 Å². The fraction of sp³-hybridized carbons (Fsp3) is 0.421. The third-order valence-electron chi connectivity index (χ3n) is 4.07. The SMILES string of the molecule is C/C=C\CNC(N)C(C)[S-]1#CC(CC2=CC=CC2C)=CC=C1. The number of hydrogen-bond donors (Lipinski definition) is 2. The normalized spacial score (nSPS) is 23.9. The van der Waals surface area contributed by atoms with Crippen molar-refractivity contribution in [1.29, 1.82) is 0 Å². The first-order chi connectivity index (χ1) is 10.6. The van der Waals surface area contributed by atoms with Crippen molar-refractivity contribution in [3.63, 3.8) is 0 Å². The highest BCUT2D eigenvalue weighted by molar-refractivity contribution is 7.90. The van der Waals surface area contributed by atoms with Gasteiger partial charge in [-0.25, -0.2) is 0 Å². The number of hydrogen-bond acceptors (Lipinski definition) is 3. The predicted octanol–water partition coefficient (Wildman–Crippen LogP) is 3.38. The van der Waals surface area contributed by atoms with Crippen molar-refractivity contribution in [3.05, 3.63) is 59.1 Å². The lowest BCUT2D eigenvalue weighted by Gasteiger charge is -2.32. The quantitative estimate of drug-likeness (QED) is 0.448. The monoisotopic (exact) mass is 315 g/mol. The van der Waals surface area contributed by atoms with Gasteiger partial charge in [0.15, 0.2) is 0 Å². The molecule has 2 rings (SSSR count). The van der Waals surface area contributed by atoms with Crippen molar-refractivity contribution in [2.24, 2.45) is 11.7 Å². The Kier molecular flexibility index (Phi) is 6.53. The molecule has 1 aliphatic heterocycles. The van der Waals surface area contributed by atoms with Crippen molar-refractivity contribution in [3.8, 4) is 5.18 Å². The van der Waals surface area contributed by atoms with Gasteiger partial charge in [0.1, 0.15) is 0 Å². The van der Waals surface area contributed by atoms with Gasteiger partial charge in [-0.2, -0.15) is 5.41 Å². The van der Waals surface area contributed by atoms with E-state index in [1.165, 1.54) is 11.1 Å². The zero-order valence-electron chi connectivity index (χ0n) is 13.8. The lowest BCUT2D eigenvalue weighted by Crippen LogP contribution is -2.46. The summed E-state index contributed by atoms with van der Waals surface area (Å²) < 4.78 is 0. The van der Waals surface area contributed by atoms with Crippen LogP contribution in [0.5, 0.6) is 0 Å². The Morgan fingerprint density at radius 2 is 2.23 bits per heavy atom. The van der Waals surface area contributed by atoms with Crippen LogP contribution in [0.3, 0.4) is 0 Å². The summed E-state index contributed by atoms with van der Waals surface area (Å²) >= 11 is 0. The first-order valence-corrected chi connectivity index (χ1v) is 9.30. The molecule has 22 heavy (non-hydrogen) atoms. The Morgan fingerprint density at radius 1 is 1.41 bits per heavy atom. The van der Waals surface area contributed by atoms with E-state index in [9.17, 15) is 0 Å². The Labute approximate surface area is 137 Å². The van der Waals surface area contributed by atoms with Gasteiger partial charge in [0, 0.05) is 12.7 Å². The lowest BCUT2D eigenvalue weighted by atomic mass is 9.98. The van der Waals surface area contributed by atoms with Crippen LogP contribution in [0, 0.1) is 11.1 Å². The van der Waals surface area contributed by atoms with Gasteiger partial charge in [0.25, 0.3) is 0 Å². The molecule has 1 aliphatic carbocycles. The zero-order chi connectivity index (χ0) is 15.9. The average molecular weight is 316 g/mol. The molecular weight excluding hydrogens is 288 g/mol. The maximum Gasteiger partial charge on any atom is 0.0387 e. The van der Waals surface area contributed by atoms with Crippen molar-refractivity contribution >= 4 is 10.3 Å². The first kappa shape index (κ1) is 17.1. The van der Waals surface area contributed by atoms with E-state index in [1.54, 1.807) is 0 Å². The van der Waals surface area contributed by atoms with Gasteiger partial charge in [0.05, 0.1) is 0 Å². The number of rotatable bonds is 6. The Hall–Kier alpha value is -1.25. The fourth-order valence-electron chi connectivity index (χ4n) is 2.48. The van der Waals surface area contributed by atoms with Gasteiger partial charge in [-0.15, -0.1) is 0 Å². The standard InChI is InChI=1S/C19H27N2S/c1-4-5-11-21-19(20)16(3)22-12-7-9-17(14-22)13-18-10-6-8-15(18)2/h4-10,12,15-16,19,21H,11,13,20H2,1-3H3/q-1/b5-4-. The minimum Gasteiger partial charge on any atom is -0.423 e. The van der Waals surface area contributed by atoms with Gasteiger partial charge in [-0.1, -0.05) is 67.2 Å². The molecule has 3 heteroatoms. The van der Waals surface area contributed by atoms with Crippen LogP contribution < -0.4 is 11.1 Å². The molecule has 2 nitrogen and oxygen atoms in total. The number of nitrogens with one attached hydrogen (secondary N) is 1. The third kappa shape index (κ3) is 4.62. The summed E-state index contributed by atoms with van der Waals surface area (Å²) in [6.45, 7) is 7.30. The molecule has 0 spiro atoms. The molecule has 0 aromatic carbocycles. The molecule has 0 aromatic heterocycles. The van der Waals surface area contributed by atoms with E-state index >= 15 is 0 Å². The Bertz CT molecular complexity index is 623. The lowest BCUT2D eigenvalue weighted by molar-refractivity contribution is 0.554. The molecule has 0 radical (unpaired) electrons. The summed E-state index contributed by atoms with van der Waals surface area (Å²) in [5.74, 6) is 0.553. The molecular formula is C19H27N2S-. The Balaban J connectivity index is 2.00. The van der Waals surface area contributed by atoms with E-state index in [-0.39, 0.29) is 16.5 Å². The molecule has 2 aliphatic rings. The van der Waals surface area contributed by atoms with E-state index < -0.39 is 0 Å². The van der Waals surface area contributed by atoms with Gasteiger partial charge >= 0.3 is 0 Å². The average Bonchev–Trinajstić information content (AvgIpc) is 2.92. The highest BCUT2D eigenvalue weighted by Gasteiger charge is 2.10. The predicted molar refractivity (Wildman–Crippen MR) is 99.7 cm³/mol. The topological polar surface area (TPSA) is 38.0 Å². The number of nitrogens with two attached hydrogens (primary N) is 1. The molecule has 1 heterocycles. The highest BCUT2D eigenvalue weighted by Crippen LogP contribution is 2.25. The second kappa shape index (κ2) is 8.40.